The summed E-state index contributed by atoms with van der Waals surface area (Å²) < 4.78 is 5.27. The van der Waals surface area contributed by atoms with Gasteiger partial charge in [-0.2, -0.15) is 4.98 Å². The van der Waals surface area contributed by atoms with Gasteiger partial charge in [0.2, 0.25) is 17.7 Å². The van der Waals surface area contributed by atoms with Crippen molar-refractivity contribution in [2.45, 2.75) is 32.6 Å². The Kier molecular flexibility index (Phi) is 4.61. The van der Waals surface area contributed by atoms with Gasteiger partial charge < -0.3 is 14.7 Å². The molecule has 24 heavy (non-hydrogen) atoms. The van der Waals surface area contributed by atoms with Gasteiger partial charge in [-0.05, 0) is 0 Å². The minimum absolute atomic E-state index is 0.0173. The zero-order valence-corrected chi connectivity index (χ0v) is 14.6. The number of likely N-dealkylation sites (tertiary alicyclic amines) is 1. The number of hydrogen-bond donors (Lipinski definition) is 1. The minimum Gasteiger partial charge on any atom is -0.345 e. The van der Waals surface area contributed by atoms with Crippen molar-refractivity contribution in [2.24, 2.45) is 5.92 Å². The highest BCUT2D eigenvalue weighted by Crippen LogP contribution is 2.25. The molecule has 2 aromatic heterocycles. The number of aromatic nitrogens is 3. The van der Waals surface area contributed by atoms with E-state index in [4.69, 9.17) is 4.52 Å². The Morgan fingerprint density at radius 2 is 2.29 bits per heavy atom. The molecule has 9 heteroatoms. The third-order valence-electron chi connectivity index (χ3n) is 3.83. The summed E-state index contributed by atoms with van der Waals surface area (Å²) in [5, 5.41) is 9.16. The molecule has 0 aliphatic carbocycles. The molecule has 0 radical (unpaired) electrons. The van der Waals surface area contributed by atoms with E-state index in [1.807, 2.05) is 19.2 Å². The number of carbonyl (C=O) groups excluding carboxylic acids is 2. The summed E-state index contributed by atoms with van der Waals surface area (Å²) in [6.45, 7) is 4.27. The molecule has 3 heterocycles. The molecule has 128 valence electrons. The lowest BCUT2D eigenvalue weighted by Crippen LogP contribution is -2.18. The van der Waals surface area contributed by atoms with Gasteiger partial charge in [0.15, 0.2) is 11.0 Å². The summed E-state index contributed by atoms with van der Waals surface area (Å²) in [6, 6.07) is 0. The van der Waals surface area contributed by atoms with E-state index in [0.717, 1.165) is 5.69 Å². The quantitative estimate of drug-likeness (QED) is 0.881. The van der Waals surface area contributed by atoms with Gasteiger partial charge in [0.05, 0.1) is 12.1 Å². The molecule has 0 saturated carbocycles. The highest BCUT2D eigenvalue weighted by molar-refractivity contribution is 7.13. The van der Waals surface area contributed by atoms with Crippen LogP contribution in [0.5, 0.6) is 0 Å². The second kappa shape index (κ2) is 6.68. The zero-order chi connectivity index (χ0) is 17.3. The molecule has 1 N–H and O–H groups in total. The predicted molar refractivity (Wildman–Crippen MR) is 87.7 cm³/mol. The van der Waals surface area contributed by atoms with Crippen LogP contribution in [0.25, 0.3) is 0 Å². The molecule has 1 unspecified atom stereocenters. The number of rotatable bonds is 5. The molecular formula is C15H19N5O3S. The van der Waals surface area contributed by atoms with Gasteiger partial charge in [0, 0.05) is 37.2 Å². The van der Waals surface area contributed by atoms with Gasteiger partial charge in [-0.15, -0.1) is 11.3 Å². The predicted octanol–water partition coefficient (Wildman–Crippen LogP) is 1.66. The van der Waals surface area contributed by atoms with Crippen LogP contribution in [-0.4, -0.2) is 45.4 Å². The molecule has 3 rings (SSSR count). The van der Waals surface area contributed by atoms with Crippen LogP contribution in [0, 0.1) is 5.92 Å². The van der Waals surface area contributed by atoms with Crippen molar-refractivity contribution in [1.29, 1.82) is 0 Å². The molecule has 2 amide bonds. The Labute approximate surface area is 143 Å². The first-order valence-corrected chi connectivity index (χ1v) is 8.62. The van der Waals surface area contributed by atoms with Crippen molar-refractivity contribution in [3.63, 3.8) is 0 Å². The van der Waals surface area contributed by atoms with Gasteiger partial charge in [-0.3, -0.25) is 9.59 Å². The highest BCUT2D eigenvalue weighted by atomic mass is 32.1. The minimum atomic E-state index is -0.0944. The number of amides is 2. The highest BCUT2D eigenvalue weighted by Gasteiger charge is 2.31. The maximum Gasteiger partial charge on any atom is 0.232 e. The van der Waals surface area contributed by atoms with Crippen LogP contribution in [-0.2, 0) is 16.0 Å². The molecular weight excluding hydrogens is 330 g/mol. The Bertz CT molecular complexity index is 754. The van der Waals surface area contributed by atoms with Crippen LogP contribution in [0.1, 0.15) is 43.6 Å². The van der Waals surface area contributed by atoms with E-state index in [0.29, 0.717) is 36.2 Å². The Morgan fingerprint density at radius 1 is 1.50 bits per heavy atom. The van der Waals surface area contributed by atoms with E-state index >= 15 is 0 Å². The molecule has 1 aliphatic rings. The molecule has 8 nitrogen and oxygen atoms in total. The zero-order valence-electron chi connectivity index (χ0n) is 13.8. The average Bonchev–Trinajstić information content (AvgIpc) is 3.22. The second-order valence-corrected chi connectivity index (χ2v) is 7.04. The number of nitrogens with one attached hydrogen (secondary N) is 1. The molecule has 1 atom stereocenters. The van der Waals surface area contributed by atoms with Crippen molar-refractivity contribution in [3.8, 4) is 0 Å². The number of anilines is 1. The van der Waals surface area contributed by atoms with Gasteiger partial charge in [-0.25, -0.2) is 4.98 Å². The van der Waals surface area contributed by atoms with Crippen LogP contribution < -0.4 is 5.32 Å². The SMILES string of the molecule is CC(C)C(=O)Nc1nc(Cc2nc(C3CC(=O)N(C)C3)no2)cs1. The molecule has 1 aliphatic heterocycles. The lowest BCUT2D eigenvalue weighted by Gasteiger charge is -2.06. The van der Waals surface area contributed by atoms with Crippen molar-refractivity contribution >= 4 is 28.3 Å². The first-order chi connectivity index (χ1) is 11.4. The Balaban J connectivity index is 1.62. The van der Waals surface area contributed by atoms with Crippen molar-refractivity contribution in [2.75, 3.05) is 18.9 Å². The van der Waals surface area contributed by atoms with Crippen molar-refractivity contribution < 1.29 is 14.1 Å². The van der Waals surface area contributed by atoms with Crippen LogP contribution in [0.15, 0.2) is 9.90 Å². The Morgan fingerprint density at radius 3 is 2.96 bits per heavy atom. The maximum atomic E-state index is 11.7. The molecule has 0 bridgehead atoms. The average molecular weight is 349 g/mol. The summed E-state index contributed by atoms with van der Waals surface area (Å²) in [5.41, 5.74) is 0.758. The maximum absolute atomic E-state index is 11.7. The first-order valence-electron chi connectivity index (χ1n) is 7.74. The van der Waals surface area contributed by atoms with Crippen molar-refractivity contribution in [3.05, 3.63) is 22.8 Å². The fourth-order valence-electron chi connectivity index (χ4n) is 2.39. The lowest BCUT2D eigenvalue weighted by molar-refractivity contribution is -0.126. The van der Waals surface area contributed by atoms with E-state index in [1.54, 1.807) is 11.9 Å². The van der Waals surface area contributed by atoms with E-state index < -0.39 is 0 Å². The number of likely N-dealkylation sites (N-methyl/N-ethyl adjacent to an activating group) is 1. The van der Waals surface area contributed by atoms with Gasteiger partial charge in [0.25, 0.3) is 0 Å². The normalized spacial score (nSPS) is 17.8. The molecule has 1 fully saturated rings. The van der Waals surface area contributed by atoms with Gasteiger partial charge in [0.1, 0.15) is 0 Å². The second-order valence-electron chi connectivity index (χ2n) is 6.19. The largest absolute Gasteiger partial charge is 0.345 e. The summed E-state index contributed by atoms with van der Waals surface area (Å²) in [6.07, 6.45) is 0.815. The smallest absolute Gasteiger partial charge is 0.232 e. The molecule has 0 aromatic carbocycles. The van der Waals surface area contributed by atoms with Crippen molar-refractivity contribution in [1.82, 2.24) is 20.0 Å². The number of carbonyl (C=O) groups is 2. The summed E-state index contributed by atoms with van der Waals surface area (Å²) in [7, 11) is 1.77. The topological polar surface area (TPSA) is 101 Å². The first kappa shape index (κ1) is 16.6. The van der Waals surface area contributed by atoms with E-state index in [1.165, 1.54) is 11.3 Å². The summed E-state index contributed by atoms with van der Waals surface area (Å²) in [4.78, 5) is 33.7. The number of thiazole rings is 1. The lowest BCUT2D eigenvalue weighted by atomic mass is 10.1. The Hall–Kier alpha value is -2.29. The number of nitrogens with zero attached hydrogens (tertiary/aromatic N) is 4. The standard InChI is InChI=1S/C15H19N5O3S/c1-8(2)14(22)18-15-16-10(7-24-15)5-11-17-13(19-23-11)9-4-12(21)20(3)6-9/h7-9H,4-6H2,1-3H3,(H,16,18,22). The third-order valence-corrected chi connectivity index (χ3v) is 4.64. The number of hydrogen-bond acceptors (Lipinski definition) is 7. The monoisotopic (exact) mass is 349 g/mol. The molecule has 0 spiro atoms. The van der Waals surface area contributed by atoms with Crippen LogP contribution in [0.3, 0.4) is 0 Å². The fourth-order valence-corrected chi connectivity index (χ4v) is 3.11. The molecule has 1 saturated heterocycles. The van der Waals surface area contributed by atoms with E-state index in [2.05, 4.69) is 20.4 Å². The van der Waals surface area contributed by atoms with E-state index in [-0.39, 0.29) is 23.7 Å². The summed E-state index contributed by atoms with van der Waals surface area (Å²) in [5.74, 6) is 0.937. The van der Waals surface area contributed by atoms with Crippen LogP contribution >= 0.6 is 11.3 Å². The van der Waals surface area contributed by atoms with Crippen LogP contribution in [0.2, 0.25) is 0 Å². The van der Waals surface area contributed by atoms with Crippen LogP contribution in [0.4, 0.5) is 5.13 Å². The fraction of sp³-hybridized carbons (Fsp3) is 0.533. The molecule has 2 aromatic rings. The van der Waals surface area contributed by atoms with Gasteiger partial charge >= 0.3 is 0 Å². The van der Waals surface area contributed by atoms with Gasteiger partial charge in [-0.1, -0.05) is 19.0 Å². The van der Waals surface area contributed by atoms with E-state index in [9.17, 15) is 9.59 Å². The third kappa shape index (κ3) is 3.61. The summed E-state index contributed by atoms with van der Waals surface area (Å²) >= 11 is 1.36.